The van der Waals surface area contributed by atoms with Crippen LogP contribution in [0, 0.1) is 0 Å². The van der Waals surface area contributed by atoms with Gasteiger partial charge in [-0.3, -0.25) is 9.79 Å². The lowest BCUT2D eigenvalue weighted by molar-refractivity contribution is -0.131. The Morgan fingerprint density at radius 2 is 1.90 bits per heavy atom. The number of nitrogens with zero attached hydrogens (tertiary/aromatic N) is 4. The summed E-state index contributed by atoms with van der Waals surface area (Å²) in [4.78, 5) is 25.2. The fourth-order valence-corrected chi connectivity index (χ4v) is 3.12. The second-order valence-corrected chi connectivity index (χ2v) is 7.05. The number of carbonyl (C=O) groups excluding carboxylic acids is 1. The number of pyridine rings is 1. The van der Waals surface area contributed by atoms with E-state index in [1.807, 2.05) is 23.1 Å². The summed E-state index contributed by atoms with van der Waals surface area (Å²) in [6.45, 7) is 8.24. The summed E-state index contributed by atoms with van der Waals surface area (Å²) in [7, 11) is 1.74. The van der Waals surface area contributed by atoms with Gasteiger partial charge in [-0.05, 0) is 25.0 Å². The van der Waals surface area contributed by atoms with E-state index in [1.165, 1.54) is 0 Å². The van der Waals surface area contributed by atoms with E-state index < -0.39 is 0 Å². The van der Waals surface area contributed by atoms with Crippen molar-refractivity contribution in [3.8, 4) is 0 Å². The van der Waals surface area contributed by atoms with E-state index in [9.17, 15) is 4.79 Å². The minimum Gasteiger partial charge on any atom is -0.381 e. The predicted molar refractivity (Wildman–Crippen MR) is 117 cm³/mol. The van der Waals surface area contributed by atoms with Crippen molar-refractivity contribution in [3.63, 3.8) is 0 Å². The van der Waals surface area contributed by atoms with Crippen LogP contribution < -0.4 is 15.5 Å². The van der Waals surface area contributed by atoms with Crippen molar-refractivity contribution < 1.29 is 9.53 Å². The summed E-state index contributed by atoms with van der Waals surface area (Å²) >= 11 is 0. The Morgan fingerprint density at radius 3 is 2.59 bits per heavy atom. The summed E-state index contributed by atoms with van der Waals surface area (Å²) in [5.74, 6) is 1.89. The SMILES string of the molecule is CCCCOCCCNC(=NC)NCCC(=O)N1CCN(c2ccccn2)CC1. The summed E-state index contributed by atoms with van der Waals surface area (Å²) in [5, 5.41) is 6.47. The van der Waals surface area contributed by atoms with Gasteiger partial charge in [0.25, 0.3) is 0 Å². The molecule has 2 N–H and O–H groups in total. The molecule has 0 spiro atoms. The average Bonchev–Trinajstić information content (AvgIpc) is 2.77. The van der Waals surface area contributed by atoms with Gasteiger partial charge in [0.15, 0.2) is 5.96 Å². The number of ether oxygens (including phenoxy) is 1. The lowest BCUT2D eigenvalue weighted by Gasteiger charge is -2.35. The van der Waals surface area contributed by atoms with Crippen LogP contribution in [0.5, 0.6) is 0 Å². The van der Waals surface area contributed by atoms with E-state index >= 15 is 0 Å². The van der Waals surface area contributed by atoms with E-state index in [0.717, 1.165) is 77.0 Å². The fourth-order valence-electron chi connectivity index (χ4n) is 3.12. The lowest BCUT2D eigenvalue weighted by Crippen LogP contribution is -2.49. The number of carbonyl (C=O) groups is 1. The van der Waals surface area contributed by atoms with Crippen molar-refractivity contribution in [2.75, 3.05) is 64.4 Å². The first kappa shape index (κ1) is 22.9. The molecule has 1 aliphatic heterocycles. The zero-order chi connectivity index (χ0) is 20.7. The molecule has 2 rings (SSSR count). The molecule has 1 saturated heterocycles. The van der Waals surface area contributed by atoms with E-state index in [4.69, 9.17) is 4.74 Å². The van der Waals surface area contributed by atoms with Crippen molar-refractivity contribution in [1.82, 2.24) is 20.5 Å². The number of rotatable bonds is 11. The quantitative estimate of drug-likeness (QED) is 0.330. The van der Waals surface area contributed by atoms with Gasteiger partial charge in [-0.25, -0.2) is 4.98 Å². The molecule has 29 heavy (non-hydrogen) atoms. The fraction of sp³-hybridized carbons (Fsp3) is 0.667. The van der Waals surface area contributed by atoms with Crippen LogP contribution in [0.15, 0.2) is 29.4 Å². The van der Waals surface area contributed by atoms with Crippen molar-refractivity contribution in [2.24, 2.45) is 4.99 Å². The number of piperazine rings is 1. The van der Waals surface area contributed by atoms with Gasteiger partial charge in [0.05, 0.1) is 0 Å². The molecule has 1 fully saturated rings. The zero-order valence-corrected chi connectivity index (χ0v) is 17.9. The normalized spacial score (nSPS) is 14.8. The molecule has 1 aromatic rings. The molecular weight excluding hydrogens is 368 g/mol. The molecule has 0 bridgehead atoms. The van der Waals surface area contributed by atoms with Crippen molar-refractivity contribution >= 4 is 17.7 Å². The monoisotopic (exact) mass is 404 g/mol. The van der Waals surface area contributed by atoms with Gasteiger partial charge in [0, 0.05) is 72.1 Å². The number of amides is 1. The first-order valence-corrected chi connectivity index (χ1v) is 10.7. The molecule has 162 valence electrons. The summed E-state index contributed by atoms with van der Waals surface area (Å²) in [5.41, 5.74) is 0. The molecule has 1 aliphatic rings. The minimum atomic E-state index is 0.179. The Bertz CT molecular complexity index is 602. The molecule has 0 radical (unpaired) electrons. The van der Waals surface area contributed by atoms with Crippen LogP contribution in [0.4, 0.5) is 5.82 Å². The molecule has 1 aromatic heterocycles. The largest absolute Gasteiger partial charge is 0.381 e. The molecule has 8 heteroatoms. The van der Waals surface area contributed by atoms with Crippen LogP contribution in [0.1, 0.15) is 32.6 Å². The Morgan fingerprint density at radius 1 is 1.14 bits per heavy atom. The number of aliphatic imine (C=N–C) groups is 1. The summed E-state index contributed by atoms with van der Waals surface area (Å²) in [6.07, 6.45) is 5.48. The maximum absolute atomic E-state index is 12.5. The number of hydrogen-bond donors (Lipinski definition) is 2. The van der Waals surface area contributed by atoms with Gasteiger partial charge in [-0.2, -0.15) is 0 Å². The first-order valence-electron chi connectivity index (χ1n) is 10.7. The van der Waals surface area contributed by atoms with Crippen LogP contribution in [0.2, 0.25) is 0 Å². The van der Waals surface area contributed by atoms with Gasteiger partial charge < -0.3 is 25.2 Å². The third-order valence-corrected chi connectivity index (χ3v) is 4.86. The molecule has 1 amide bonds. The molecular formula is C21H36N6O2. The molecule has 0 aromatic carbocycles. The Hall–Kier alpha value is -2.35. The zero-order valence-electron chi connectivity index (χ0n) is 17.9. The standard InChI is InChI=1S/C21H36N6O2/c1-3-4-17-29-18-7-11-24-21(22-2)25-12-9-20(28)27-15-13-26(14-16-27)19-8-5-6-10-23-19/h5-6,8,10H,3-4,7,9,11-18H2,1-2H3,(H2,22,24,25). The third kappa shape index (κ3) is 8.68. The van der Waals surface area contributed by atoms with Gasteiger partial charge in [-0.15, -0.1) is 0 Å². The number of anilines is 1. The van der Waals surface area contributed by atoms with Gasteiger partial charge in [-0.1, -0.05) is 19.4 Å². The number of guanidine groups is 1. The molecule has 0 aliphatic carbocycles. The van der Waals surface area contributed by atoms with E-state index in [2.05, 4.69) is 32.4 Å². The lowest BCUT2D eigenvalue weighted by atomic mass is 10.2. The summed E-state index contributed by atoms with van der Waals surface area (Å²) < 4.78 is 5.55. The van der Waals surface area contributed by atoms with E-state index in [1.54, 1.807) is 13.2 Å². The molecule has 0 unspecified atom stereocenters. The third-order valence-electron chi connectivity index (χ3n) is 4.86. The highest BCUT2D eigenvalue weighted by Crippen LogP contribution is 2.12. The van der Waals surface area contributed by atoms with Gasteiger partial charge in [0.1, 0.15) is 5.82 Å². The summed E-state index contributed by atoms with van der Waals surface area (Å²) in [6, 6.07) is 5.92. The Kier molecular flexibility index (Phi) is 10.9. The molecule has 8 nitrogen and oxygen atoms in total. The van der Waals surface area contributed by atoms with E-state index in [-0.39, 0.29) is 5.91 Å². The molecule has 0 saturated carbocycles. The van der Waals surface area contributed by atoms with Gasteiger partial charge in [0.2, 0.25) is 5.91 Å². The van der Waals surface area contributed by atoms with E-state index in [0.29, 0.717) is 13.0 Å². The number of aromatic nitrogens is 1. The van der Waals surface area contributed by atoms with Crippen molar-refractivity contribution in [1.29, 1.82) is 0 Å². The average molecular weight is 405 g/mol. The highest BCUT2D eigenvalue weighted by molar-refractivity contribution is 5.81. The topological polar surface area (TPSA) is 82.1 Å². The highest BCUT2D eigenvalue weighted by Gasteiger charge is 2.21. The second-order valence-electron chi connectivity index (χ2n) is 7.05. The Balaban J connectivity index is 1.56. The smallest absolute Gasteiger partial charge is 0.224 e. The highest BCUT2D eigenvalue weighted by atomic mass is 16.5. The van der Waals surface area contributed by atoms with Gasteiger partial charge >= 0.3 is 0 Å². The van der Waals surface area contributed by atoms with Crippen molar-refractivity contribution in [2.45, 2.75) is 32.6 Å². The maximum Gasteiger partial charge on any atom is 0.224 e. The molecule has 0 atom stereocenters. The van der Waals surface area contributed by atoms with Crippen LogP contribution >= 0.6 is 0 Å². The minimum absolute atomic E-state index is 0.179. The van der Waals surface area contributed by atoms with Crippen LogP contribution in [0.3, 0.4) is 0 Å². The Labute approximate surface area is 174 Å². The number of hydrogen-bond acceptors (Lipinski definition) is 5. The maximum atomic E-state index is 12.5. The van der Waals surface area contributed by atoms with Crippen LogP contribution in [0.25, 0.3) is 0 Å². The van der Waals surface area contributed by atoms with Crippen LogP contribution in [-0.2, 0) is 9.53 Å². The van der Waals surface area contributed by atoms with Crippen molar-refractivity contribution in [3.05, 3.63) is 24.4 Å². The second kappa shape index (κ2) is 13.8. The van der Waals surface area contributed by atoms with Crippen LogP contribution in [-0.4, -0.2) is 81.3 Å². The first-order chi connectivity index (χ1) is 14.2. The molecule has 2 heterocycles. The number of nitrogens with one attached hydrogen (secondary N) is 2. The number of unbranched alkanes of at least 4 members (excludes halogenated alkanes) is 1. The predicted octanol–water partition coefficient (Wildman–Crippen LogP) is 1.49.